The van der Waals surface area contributed by atoms with Gasteiger partial charge in [-0.15, -0.1) is 0 Å². The number of hydrogen-bond donors (Lipinski definition) is 1. The second-order valence-corrected chi connectivity index (χ2v) is 6.96. The molecule has 0 bridgehead atoms. The molecule has 2 aromatic rings. The number of carbonyl (C=O) groups excluding carboxylic acids is 1. The summed E-state index contributed by atoms with van der Waals surface area (Å²) in [5, 5.41) is 3.15. The van der Waals surface area contributed by atoms with Gasteiger partial charge in [0, 0.05) is 6.54 Å². The Kier molecular flexibility index (Phi) is 8.14. The van der Waals surface area contributed by atoms with Gasteiger partial charge in [-0.1, -0.05) is 44.2 Å². The van der Waals surface area contributed by atoms with Crippen LogP contribution in [0.1, 0.15) is 25.5 Å². The van der Waals surface area contributed by atoms with Crippen LogP contribution in [0.3, 0.4) is 0 Å². The first-order valence-electron chi connectivity index (χ1n) is 9.29. The standard InChI is InChI=1S/C22H30N2O3/c1-17(2)22(18-8-6-5-7-9-18)23-21(25)16-24(3)14-15-27-20-12-10-19(26-4)11-13-20/h5-13,17,22H,14-16H2,1-4H3,(H,23,25). The molecule has 0 fully saturated rings. The monoisotopic (exact) mass is 370 g/mol. The second-order valence-electron chi connectivity index (χ2n) is 6.96. The van der Waals surface area contributed by atoms with Crippen LogP contribution >= 0.6 is 0 Å². The molecule has 0 spiro atoms. The number of methoxy groups -OCH3 is 1. The lowest BCUT2D eigenvalue weighted by atomic mass is 9.96. The predicted molar refractivity (Wildman–Crippen MR) is 108 cm³/mol. The van der Waals surface area contributed by atoms with Gasteiger partial charge in [-0.05, 0) is 42.8 Å². The Bertz CT molecular complexity index is 686. The number of benzene rings is 2. The Hall–Kier alpha value is -2.53. The summed E-state index contributed by atoms with van der Waals surface area (Å²) in [6, 6.07) is 17.6. The molecule has 5 heteroatoms. The van der Waals surface area contributed by atoms with E-state index in [1.165, 1.54) is 0 Å². The number of ether oxygens (including phenoxy) is 2. The van der Waals surface area contributed by atoms with Crippen molar-refractivity contribution in [3.05, 3.63) is 60.2 Å². The predicted octanol–water partition coefficient (Wildman–Crippen LogP) is 3.52. The van der Waals surface area contributed by atoms with Gasteiger partial charge >= 0.3 is 0 Å². The van der Waals surface area contributed by atoms with E-state index in [9.17, 15) is 4.79 Å². The molecule has 0 saturated heterocycles. The van der Waals surface area contributed by atoms with Crippen molar-refractivity contribution in [2.24, 2.45) is 5.92 Å². The molecule has 5 nitrogen and oxygen atoms in total. The molecule has 0 aliphatic carbocycles. The van der Waals surface area contributed by atoms with Gasteiger partial charge < -0.3 is 14.8 Å². The number of rotatable bonds is 10. The minimum atomic E-state index is 0.0163. The average molecular weight is 370 g/mol. The highest BCUT2D eigenvalue weighted by Gasteiger charge is 2.18. The lowest BCUT2D eigenvalue weighted by Crippen LogP contribution is -2.40. The zero-order valence-corrected chi connectivity index (χ0v) is 16.6. The van der Waals surface area contributed by atoms with E-state index in [4.69, 9.17) is 9.47 Å². The smallest absolute Gasteiger partial charge is 0.234 e. The first-order chi connectivity index (χ1) is 13.0. The van der Waals surface area contributed by atoms with E-state index in [-0.39, 0.29) is 11.9 Å². The molecule has 1 amide bonds. The highest BCUT2D eigenvalue weighted by Crippen LogP contribution is 2.21. The van der Waals surface area contributed by atoms with Crippen molar-refractivity contribution < 1.29 is 14.3 Å². The zero-order valence-electron chi connectivity index (χ0n) is 16.6. The topological polar surface area (TPSA) is 50.8 Å². The van der Waals surface area contributed by atoms with Crippen molar-refractivity contribution in [1.29, 1.82) is 0 Å². The zero-order chi connectivity index (χ0) is 19.6. The van der Waals surface area contributed by atoms with E-state index in [0.717, 1.165) is 17.1 Å². The molecule has 1 atom stereocenters. The molecule has 1 N–H and O–H groups in total. The Morgan fingerprint density at radius 1 is 1.04 bits per heavy atom. The molecule has 0 radical (unpaired) electrons. The first-order valence-corrected chi connectivity index (χ1v) is 9.29. The molecule has 0 aliphatic rings. The Labute approximate surface area is 162 Å². The molecule has 2 rings (SSSR count). The number of nitrogens with one attached hydrogen (secondary N) is 1. The summed E-state index contributed by atoms with van der Waals surface area (Å²) in [7, 11) is 3.56. The third-order valence-corrected chi connectivity index (χ3v) is 4.36. The summed E-state index contributed by atoms with van der Waals surface area (Å²) in [5.74, 6) is 1.93. The Morgan fingerprint density at radius 3 is 2.26 bits per heavy atom. The maximum Gasteiger partial charge on any atom is 0.234 e. The van der Waals surface area contributed by atoms with Crippen LogP contribution in [-0.2, 0) is 4.79 Å². The van der Waals surface area contributed by atoms with Crippen LogP contribution in [0.2, 0.25) is 0 Å². The van der Waals surface area contributed by atoms with Crippen molar-refractivity contribution in [2.45, 2.75) is 19.9 Å². The Balaban J connectivity index is 1.76. The Morgan fingerprint density at radius 2 is 1.67 bits per heavy atom. The van der Waals surface area contributed by atoms with Crippen molar-refractivity contribution in [3.8, 4) is 11.5 Å². The number of nitrogens with zero attached hydrogens (tertiary/aromatic N) is 1. The summed E-state index contributed by atoms with van der Waals surface area (Å²) in [5.41, 5.74) is 1.13. The van der Waals surface area contributed by atoms with Crippen molar-refractivity contribution >= 4 is 5.91 Å². The maximum atomic E-state index is 12.4. The van der Waals surface area contributed by atoms with Crippen molar-refractivity contribution in [1.82, 2.24) is 10.2 Å². The van der Waals surface area contributed by atoms with Crippen LogP contribution in [0, 0.1) is 5.92 Å². The molecule has 0 aromatic heterocycles. The average Bonchev–Trinajstić information content (AvgIpc) is 2.67. The number of hydrogen-bond acceptors (Lipinski definition) is 4. The van der Waals surface area contributed by atoms with Gasteiger partial charge in [0.05, 0.1) is 19.7 Å². The molecule has 0 aliphatic heterocycles. The molecular formula is C22H30N2O3. The summed E-state index contributed by atoms with van der Waals surface area (Å²) >= 11 is 0. The number of amides is 1. The number of carbonyl (C=O) groups is 1. The van der Waals surface area contributed by atoms with E-state index >= 15 is 0 Å². The van der Waals surface area contributed by atoms with Gasteiger partial charge in [0.15, 0.2) is 0 Å². The van der Waals surface area contributed by atoms with E-state index in [1.807, 2.05) is 54.4 Å². The fourth-order valence-corrected chi connectivity index (χ4v) is 2.83. The van der Waals surface area contributed by atoms with Gasteiger partial charge in [0.25, 0.3) is 0 Å². The van der Waals surface area contributed by atoms with Crippen molar-refractivity contribution in [3.63, 3.8) is 0 Å². The van der Waals surface area contributed by atoms with E-state index in [2.05, 4.69) is 31.3 Å². The third kappa shape index (κ3) is 6.94. The molecule has 27 heavy (non-hydrogen) atoms. The van der Waals surface area contributed by atoms with Gasteiger partial charge in [-0.25, -0.2) is 0 Å². The lowest BCUT2D eigenvalue weighted by Gasteiger charge is -2.24. The highest BCUT2D eigenvalue weighted by molar-refractivity contribution is 5.78. The van der Waals surface area contributed by atoms with Crippen LogP contribution in [0.15, 0.2) is 54.6 Å². The molecule has 0 saturated carbocycles. The molecule has 146 valence electrons. The van der Waals surface area contributed by atoms with Crippen LogP contribution in [0.4, 0.5) is 0 Å². The number of likely N-dealkylation sites (N-methyl/N-ethyl adjacent to an activating group) is 1. The van der Waals surface area contributed by atoms with Crippen LogP contribution in [0.25, 0.3) is 0 Å². The highest BCUT2D eigenvalue weighted by atomic mass is 16.5. The van der Waals surface area contributed by atoms with E-state index in [1.54, 1.807) is 7.11 Å². The summed E-state index contributed by atoms with van der Waals surface area (Å²) < 4.78 is 10.8. The molecule has 0 heterocycles. The fourth-order valence-electron chi connectivity index (χ4n) is 2.83. The normalized spacial score (nSPS) is 12.1. The maximum absolute atomic E-state index is 12.4. The lowest BCUT2D eigenvalue weighted by molar-refractivity contribution is -0.123. The summed E-state index contributed by atoms with van der Waals surface area (Å²) in [4.78, 5) is 14.4. The quantitative estimate of drug-likeness (QED) is 0.695. The largest absolute Gasteiger partial charge is 0.497 e. The van der Waals surface area contributed by atoms with Crippen LogP contribution in [-0.4, -0.2) is 44.7 Å². The van der Waals surface area contributed by atoms with Crippen molar-refractivity contribution in [2.75, 3.05) is 33.9 Å². The first kappa shape index (κ1) is 20.8. The second kappa shape index (κ2) is 10.6. The van der Waals surface area contributed by atoms with Crippen LogP contribution < -0.4 is 14.8 Å². The minimum Gasteiger partial charge on any atom is -0.497 e. The fraction of sp³-hybridized carbons (Fsp3) is 0.409. The van der Waals surface area contributed by atoms with Crippen LogP contribution in [0.5, 0.6) is 11.5 Å². The SMILES string of the molecule is COc1ccc(OCCN(C)CC(=O)NC(c2ccccc2)C(C)C)cc1. The van der Waals surface area contributed by atoms with Gasteiger partial charge in [-0.2, -0.15) is 0 Å². The minimum absolute atomic E-state index is 0.0163. The summed E-state index contributed by atoms with van der Waals surface area (Å²) in [6.07, 6.45) is 0. The van der Waals surface area contributed by atoms with Gasteiger partial charge in [0.1, 0.15) is 18.1 Å². The summed E-state index contributed by atoms with van der Waals surface area (Å²) in [6.45, 7) is 5.75. The third-order valence-electron chi connectivity index (χ3n) is 4.36. The van der Waals surface area contributed by atoms with E-state index < -0.39 is 0 Å². The molecule has 2 aromatic carbocycles. The van der Waals surface area contributed by atoms with E-state index in [0.29, 0.717) is 25.6 Å². The van der Waals surface area contributed by atoms with Gasteiger partial charge in [-0.3, -0.25) is 9.69 Å². The molecular weight excluding hydrogens is 340 g/mol. The van der Waals surface area contributed by atoms with Gasteiger partial charge in [0.2, 0.25) is 5.91 Å². The molecule has 1 unspecified atom stereocenters.